The van der Waals surface area contributed by atoms with Gasteiger partial charge in [-0.15, -0.1) is 0 Å². The molecule has 6 heteroatoms. The van der Waals surface area contributed by atoms with Gasteiger partial charge in [0.1, 0.15) is 0 Å². The van der Waals surface area contributed by atoms with Gasteiger partial charge in [0.25, 0.3) is 0 Å². The van der Waals surface area contributed by atoms with Gasteiger partial charge in [-0.05, 0) is 30.7 Å². The monoisotopic (exact) mass is 303 g/mol. The number of hydrogen-bond donors (Lipinski definition) is 2. The fourth-order valence-electron chi connectivity index (χ4n) is 2.82. The molecule has 2 aliphatic rings. The van der Waals surface area contributed by atoms with Gasteiger partial charge in [-0.1, -0.05) is 0 Å². The molecule has 1 aromatic carbocycles. The van der Waals surface area contributed by atoms with Crippen molar-refractivity contribution in [1.29, 1.82) is 0 Å². The number of ether oxygens (including phenoxy) is 1. The highest BCUT2D eigenvalue weighted by Gasteiger charge is 2.21. The first-order valence-corrected chi connectivity index (χ1v) is 7.75. The molecule has 2 aliphatic heterocycles. The highest BCUT2D eigenvalue weighted by atomic mass is 16.5. The van der Waals surface area contributed by atoms with E-state index in [0.717, 1.165) is 30.9 Å². The Hall–Kier alpha value is -1.92. The zero-order chi connectivity index (χ0) is 15.4. The summed E-state index contributed by atoms with van der Waals surface area (Å²) < 4.78 is 5.52. The van der Waals surface area contributed by atoms with Crippen LogP contribution in [0.25, 0.3) is 0 Å². The first-order valence-electron chi connectivity index (χ1n) is 7.75. The van der Waals surface area contributed by atoms with Crippen molar-refractivity contribution in [3.63, 3.8) is 0 Å². The van der Waals surface area contributed by atoms with Crippen LogP contribution in [-0.2, 0) is 14.3 Å². The van der Waals surface area contributed by atoms with Crippen LogP contribution < -0.4 is 15.5 Å². The van der Waals surface area contributed by atoms with Crippen molar-refractivity contribution in [1.82, 2.24) is 5.32 Å². The van der Waals surface area contributed by atoms with Crippen molar-refractivity contribution in [2.75, 3.05) is 36.5 Å². The zero-order valence-electron chi connectivity index (χ0n) is 12.5. The van der Waals surface area contributed by atoms with E-state index in [1.54, 1.807) is 4.90 Å². The molecule has 2 saturated heterocycles. The van der Waals surface area contributed by atoms with Crippen LogP contribution in [-0.4, -0.2) is 44.2 Å². The Morgan fingerprint density at radius 1 is 1.36 bits per heavy atom. The molecule has 3 rings (SSSR count). The minimum Gasteiger partial charge on any atom is -0.375 e. The van der Waals surface area contributed by atoms with Crippen LogP contribution in [0.2, 0.25) is 0 Å². The van der Waals surface area contributed by atoms with Crippen molar-refractivity contribution < 1.29 is 14.3 Å². The van der Waals surface area contributed by atoms with E-state index in [4.69, 9.17) is 4.74 Å². The third kappa shape index (κ3) is 3.64. The van der Waals surface area contributed by atoms with Crippen LogP contribution in [0, 0.1) is 0 Å². The summed E-state index contributed by atoms with van der Waals surface area (Å²) in [4.78, 5) is 25.5. The van der Waals surface area contributed by atoms with E-state index in [1.807, 2.05) is 24.3 Å². The van der Waals surface area contributed by atoms with E-state index < -0.39 is 0 Å². The van der Waals surface area contributed by atoms with Gasteiger partial charge in [-0.25, -0.2) is 0 Å². The van der Waals surface area contributed by atoms with Crippen LogP contribution in [0.3, 0.4) is 0 Å². The van der Waals surface area contributed by atoms with Gasteiger partial charge in [-0.2, -0.15) is 0 Å². The number of rotatable bonds is 4. The lowest BCUT2D eigenvalue weighted by Crippen LogP contribution is -2.40. The van der Waals surface area contributed by atoms with Crippen LogP contribution in [0.1, 0.15) is 19.3 Å². The Bertz CT molecular complexity index is 538. The molecule has 6 nitrogen and oxygen atoms in total. The SMILES string of the molecule is O=C(CC1CNCCO1)Nc1ccc(N2CCCC2=O)cc1. The van der Waals surface area contributed by atoms with Crippen LogP contribution in [0.15, 0.2) is 24.3 Å². The van der Waals surface area contributed by atoms with Crippen molar-refractivity contribution in [2.24, 2.45) is 0 Å². The van der Waals surface area contributed by atoms with Crippen LogP contribution in [0.4, 0.5) is 11.4 Å². The van der Waals surface area contributed by atoms with Crippen molar-refractivity contribution in [2.45, 2.75) is 25.4 Å². The number of benzene rings is 1. The van der Waals surface area contributed by atoms with E-state index >= 15 is 0 Å². The summed E-state index contributed by atoms with van der Waals surface area (Å²) in [6.07, 6.45) is 1.82. The van der Waals surface area contributed by atoms with Crippen LogP contribution in [0.5, 0.6) is 0 Å². The molecule has 118 valence electrons. The van der Waals surface area contributed by atoms with Gasteiger partial charge in [0, 0.05) is 37.4 Å². The van der Waals surface area contributed by atoms with Crippen molar-refractivity contribution in [3.8, 4) is 0 Å². The maximum absolute atomic E-state index is 12.0. The Morgan fingerprint density at radius 2 is 2.18 bits per heavy atom. The van der Waals surface area contributed by atoms with E-state index in [2.05, 4.69) is 10.6 Å². The van der Waals surface area contributed by atoms with Gasteiger partial charge in [0.05, 0.1) is 19.1 Å². The minimum atomic E-state index is -0.0600. The van der Waals surface area contributed by atoms with Gasteiger partial charge in [0.15, 0.2) is 0 Å². The molecular formula is C16H21N3O3. The van der Waals surface area contributed by atoms with Gasteiger partial charge in [0.2, 0.25) is 11.8 Å². The molecule has 1 aromatic rings. The van der Waals surface area contributed by atoms with E-state index in [0.29, 0.717) is 26.0 Å². The fraction of sp³-hybridized carbons (Fsp3) is 0.500. The molecule has 0 radical (unpaired) electrons. The van der Waals surface area contributed by atoms with Crippen LogP contribution >= 0.6 is 0 Å². The molecule has 0 saturated carbocycles. The van der Waals surface area contributed by atoms with Crippen molar-refractivity contribution in [3.05, 3.63) is 24.3 Å². The molecule has 0 bridgehead atoms. The van der Waals surface area contributed by atoms with Gasteiger partial charge < -0.3 is 20.3 Å². The lowest BCUT2D eigenvalue weighted by molar-refractivity contribution is -0.119. The topological polar surface area (TPSA) is 70.7 Å². The van der Waals surface area contributed by atoms with E-state index in [1.165, 1.54) is 0 Å². The molecule has 2 fully saturated rings. The molecular weight excluding hydrogens is 282 g/mol. The molecule has 0 aromatic heterocycles. The average molecular weight is 303 g/mol. The van der Waals surface area contributed by atoms with Gasteiger partial charge >= 0.3 is 0 Å². The lowest BCUT2D eigenvalue weighted by atomic mass is 10.2. The summed E-state index contributed by atoms with van der Waals surface area (Å²) in [7, 11) is 0. The Labute approximate surface area is 129 Å². The first-order chi connectivity index (χ1) is 10.7. The Morgan fingerprint density at radius 3 is 2.82 bits per heavy atom. The number of hydrogen-bond acceptors (Lipinski definition) is 4. The first kappa shape index (κ1) is 15.0. The second-order valence-electron chi connectivity index (χ2n) is 5.65. The quantitative estimate of drug-likeness (QED) is 0.875. The molecule has 0 aliphatic carbocycles. The summed E-state index contributed by atoms with van der Waals surface area (Å²) in [5, 5.41) is 6.07. The molecule has 22 heavy (non-hydrogen) atoms. The summed E-state index contributed by atoms with van der Waals surface area (Å²) in [6.45, 7) is 2.98. The maximum Gasteiger partial charge on any atom is 0.227 e. The maximum atomic E-state index is 12.0. The molecule has 1 unspecified atom stereocenters. The highest BCUT2D eigenvalue weighted by molar-refractivity contribution is 5.96. The molecule has 2 heterocycles. The number of nitrogens with one attached hydrogen (secondary N) is 2. The predicted molar refractivity (Wildman–Crippen MR) is 83.9 cm³/mol. The number of carbonyl (C=O) groups excluding carboxylic acids is 2. The third-order valence-electron chi connectivity index (χ3n) is 3.95. The second kappa shape index (κ2) is 6.89. The minimum absolute atomic E-state index is 0.0568. The summed E-state index contributed by atoms with van der Waals surface area (Å²) in [5.74, 6) is 0.109. The summed E-state index contributed by atoms with van der Waals surface area (Å²) in [5.41, 5.74) is 1.63. The molecule has 1 atom stereocenters. The van der Waals surface area contributed by atoms with Crippen molar-refractivity contribution >= 4 is 23.2 Å². The number of carbonyl (C=O) groups is 2. The number of nitrogens with zero attached hydrogens (tertiary/aromatic N) is 1. The number of anilines is 2. The Balaban J connectivity index is 1.54. The average Bonchev–Trinajstić information content (AvgIpc) is 2.95. The largest absolute Gasteiger partial charge is 0.375 e. The third-order valence-corrected chi connectivity index (χ3v) is 3.95. The summed E-state index contributed by atoms with van der Waals surface area (Å²) in [6, 6.07) is 7.41. The fourth-order valence-corrected chi connectivity index (χ4v) is 2.82. The zero-order valence-corrected chi connectivity index (χ0v) is 12.5. The van der Waals surface area contributed by atoms with E-state index in [9.17, 15) is 9.59 Å². The Kier molecular flexibility index (Phi) is 4.70. The number of amides is 2. The molecule has 2 amide bonds. The second-order valence-corrected chi connectivity index (χ2v) is 5.65. The molecule has 0 spiro atoms. The normalized spacial score (nSPS) is 21.9. The smallest absolute Gasteiger partial charge is 0.227 e. The van der Waals surface area contributed by atoms with E-state index in [-0.39, 0.29) is 17.9 Å². The number of morpholine rings is 1. The standard InChI is InChI=1S/C16H21N3O3/c20-15(10-14-11-17-7-9-22-14)18-12-3-5-13(6-4-12)19-8-1-2-16(19)21/h3-6,14,17H,1-2,7-11H2,(H,18,20). The summed E-state index contributed by atoms with van der Waals surface area (Å²) >= 11 is 0. The predicted octanol–water partition coefficient (Wildman–Crippen LogP) is 1.13. The van der Waals surface area contributed by atoms with Gasteiger partial charge in [-0.3, -0.25) is 9.59 Å². The molecule has 2 N–H and O–H groups in total. The highest BCUT2D eigenvalue weighted by Crippen LogP contribution is 2.23. The lowest BCUT2D eigenvalue weighted by Gasteiger charge is -2.23.